The molecule has 0 aliphatic carbocycles. The summed E-state index contributed by atoms with van der Waals surface area (Å²) in [6.45, 7) is 13.2. The van der Waals surface area contributed by atoms with Gasteiger partial charge in [0.25, 0.3) is 5.91 Å². The fourth-order valence-corrected chi connectivity index (χ4v) is 8.61. The highest BCUT2D eigenvalue weighted by molar-refractivity contribution is 6.35. The van der Waals surface area contributed by atoms with Gasteiger partial charge in [0.2, 0.25) is 0 Å². The Morgan fingerprint density at radius 2 is 1.69 bits per heavy atom. The molecule has 3 aromatic carbocycles. The monoisotopic (exact) mass is 759 g/mol. The van der Waals surface area contributed by atoms with Gasteiger partial charge >= 0.3 is 0 Å². The summed E-state index contributed by atoms with van der Waals surface area (Å²) < 4.78 is 12.5. The Kier molecular flexibility index (Phi) is 9.05. The van der Waals surface area contributed by atoms with Crippen molar-refractivity contribution < 1.29 is 9.53 Å². The molecular formula is C43H43Cl2N7O2. The van der Waals surface area contributed by atoms with Crippen molar-refractivity contribution in [2.45, 2.75) is 60.4 Å². The number of benzene rings is 3. The number of hydrogen-bond donors (Lipinski definition) is 0. The minimum atomic E-state index is -0.0711. The fraction of sp³-hybridized carbons (Fsp3) is 0.302. The minimum Gasteiger partial charge on any atom is -0.494 e. The summed E-state index contributed by atoms with van der Waals surface area (Å²) in [6, 6.07) is 16.0. The lowest BCUT2D eigenvalue weighted by molar-refractivity contribution is 0.0957. The van der Waals surface area contributed by atoms with E-state index in [1.807, 2.05) is 81.7 Å². The molecular weight excluding hydrogens is 717 g/mol. The van der Waals surface area contributed by atoms with Crippen LogP contribution < -0.4 is 9.64 Å². The molecule has 9 nitrogen and oxygen atoms in total. The molecule has 276 valence electrons. The number of halogens is 2. The van der Waals surface area contributed by atoms with Crippen molar-refractivity contribution in [3.63, 3.8) is 0 Å². The summed E-state index contributed by atoms with van der Waals surface area (Å²) in [5.74, 6) is 1.40. The lowest BCUT2D eigenvalue weighted by Crippen LogP contribution is -2.42. The second kappa shape index (κ2) is 13.6. The molecule has 0 unspecified atom stereocenters. The van der Waals surface area contributed by atoms with Crippen LogP contribution in [0.4, 0.5) is 5.69 Å². The maximum absolute atomic E-state index is 15.2. The van der Waals surface area contributed by atoms with E-state index in [0.717, 1.165) is 88.7 Å². The Balaban J connectivity index is 1.26. The van der Waals surface area contributed by atoms with Gasteiger partial charge in [0.15, 0.2) is 5.82 Å². The lowest BCUT2D eigenvalue weighted by atomic mass is 9.98. The van der Waals surface area contributed by atoms with Crippen LogP contribution in [-0.2, 0) is 20.5 Å². The molecule has 0 bridgehead atoms. The standard InChI is InChI=1S/C43H43Cl2N7O2/c1-23-18-30(19-24(2)39(23)45)54-17-9-10-31-32-12-13-34(44)38(37-27(5)48-50(8)28(37)6)40(32)52-26(4)21-51(43(53)41(31)52)36-22-49(7)35-14-11-29(20-33(35)36)42-46-16-15-25(3)47-42/h11-16,18-20,22,26H,9-10,17,21H2,1-8H3/t26-/m1/s1. The number of anilines is 1. The number of amides is 1. The van der Waals surface area contributed by atoms with E-state index in [1.54, 1.807) is 6.20 Å². The van der Waals surface area contributed by atoms with Crippen molar-refractivity contribution in [1.29, 1.82) is 0 Å². The lowest BCUT2D eigenvalue weighted by Gasteiger charge is -2.34. The summed E-state index contributed by atoms with van der Waals surface area (Å²) >= 11 is 13.6. The molecule has 1 aliphatic heterocycles. The van der Waals surface area contributed by atoms with Crippen molar-refractivity contribution >= 4 is 56.6 Å². The molecule has 5 heterocycles. The van der Waals surface area contributed by atoms with Crippen LogP contribution in [0.25, 0.3) is 44.3 Å². The zero-order valence-corrected chi connectivity index (χ0v) is 33.4. The van der Waals surface area contributed by atoms with Crippen LogP contribution in [0.5, 0.6) is 5.75 Å². The van der Waals surface area contributed by atoms with E-state index >= 15 is 4.79 Å². The first kappa shape index (κ1) is 35.9. The van der Waals surface area contributed by atoms with Gasteiger partial charge in [-0.05, 0) is 114 Å². The van der Waals surface area contributed by atoms with Gasteiger partial charge in [0.05, 0.1) is 28.5 Å². The molecule has 1 aliphatic rings. The first-order valence-electron chi connectivity index (χ1n) is 18.3. The predicted octanol–water partition coefficient (Wildman–Crippen LogP) is 10.1. The quantitative estimate of drug-likeness (QED) is 0.144. The number of ether oxygens (including phenoxy) is 1. The number of fused-ring (bicyclic) bond motifs is 4. The van der Waals surface area contributed by atoms with E-state index in [2.05, 4.69) is 57.3 Å². The molecule has 1 amide bonds. The van der Waals surface area contributed by atoms with E-state index in [9.17, 15) is 0 Å². The smallest absolute Gasteiger partial charge is 0.275 e. The number of nitrogens with zero attached hydrogens (tertiary/aromatic N) is 7. The van der Waals surface area contributed by atoms with Crippen molar-refractivity contribution in [3.05, 3.63) is 110 Å². The predicted molar refractivity (Wildman–Crippen MR) is 218 cm³/mol. The molecule has 7 aromatic rings. The van der Waals surface area contributed by atoms with Crippen molar-refractivity contribution in [2.75, 3.05) is 18.1 Å². The third-order valence-electron chi connectivity index (χ3n) is 10.9. The van der Waals surface area contributed by atoms with E-state index in [-0.39, 0.29) is 11.9 Å². The molecule has 0 saturated carbocycles. The summed E-state index contributed by atoms with van der Waals surface area (Å²) in [5, 5.41) is 8.13. The zero-order valence-electron chi connectivity index (χ0n) is 31.9. The number of carbonyl (C=O) groups is 1. The topological polar surface area (TPSA) is 83.0 Å². The highest BCUT2D eigenvalue weighted by Crippen LogP contribution is 2.46. The molecule has 4 aromatic heterocycles. The molecule has 54 heavy (non-hydrogen) atoms. The Hall–Kier alpha value is -5.12. The van der Waals surface area contributed by atoms with Gasteiger partial charge in [0.1, 0.15) is 11.4 Å². The SMILES string of the molecule is Cc1ccnc(-c2ccc3c(c2)c(N2C[C@@H](C)n4c(c(CCCOc5cc(C)c(Cl)c(C)c5)c5ccc(Cl)c(-c6c(C)nn(C)c6C)c54)C2=O)cn3C)n1. The van der Waals surface area contributed by atoms with Crippen LogP contribution in [0.2, 0.25) is 10.0 Å². The molecule has 0 fully saturated rings. The molecule has 0 N–H and O–H groups in total. The maximum atomic E-state index is 15.2. The van der Waals surface area contributed by atoms with E-state index in [0.29, 0.717) is 42.5 Å². The summed E-state index contributed by atoms with van der Waals surface area (Å²) in [7, 11) is 3.97. The zero-order chi connectivity index (χ0) is 38.2. The number of carbonyl (C=O) groups excluding carboxylic acids is 1. The van der Waals surface area contributed by atoms with Gasteiger partial charge in [-0.25, -0.2) is 9.97 Å². The number of aryl methyl sites for hydroxylation is 7. The largest absolute Gasteiger partial charge is 0.494 e. The highest BCUT2D eigenvalue weighted by Gasteiger charge is 2.37. The average Bonchev–Trinajstić information content (AvgIpc) is 3.74. The average molecular weight is 761 g/mol. The van der Waals surface area contributed by atoms with Crippen LogP contribution >= 0.6 is 23.2 Å². The number of hydrogen-bond acceptors (Lipinski definition) is 5. The third-order valence-corrected chi connectivity index (χ3v) is 11.8. The van der Waals surface area contributed by atoms with Gasteiger partial charge in [-0.15, -0.1) is 0 Å². The van der Waals surface area contributed by atoms with Crippen molar-refractivity contribution in [3.8, 4) is 28.3 Å². The summed E-state index contributed by atoms with van der Waals surface area (Å²) in [6.07, 6.45) is 5.17. The van der Waals surface area contributed by atoms with Crippen molar-refractivity contribution in [2.24, 2.45) is 14.1 Å². The Bertz CT molecular complexity index is 2630. The van der Waals surface area contributed by atoms with Crippen LogP contribution in [0.15, 0.2) is 60.9 Å². The molecule has 8 rings (SSSR count). The minimum absolute atomic E-state index is 0.0458. The second-order valence-corrected chi connectivity index (χ2v) is 15.4. The Labute approximate surface area is 325 Å². The number of aromatic nitrogens is 6. The maximum Gasteiger partial charge on any atom is 0.275 e. The van der Waals surface area contributed by atoms with E-state index < -0.39 is 0 Å². The second-order valence-electron chi connectivity index (χ2n) is 14.7. The molecule has 1 atom stereocenters. The fourth-order valence-electron chi connectivity index (χ4n) is 8.25. The van der Waals surface area contributed by atoms with Gasteiger partial charge in [0, 0.05) is 88.5 Å². The van der Waals surface area contributed by atoms with E-state index in [4.69, 9.17) is 33.0 Å². The molecule has 0 saturated heterocycles. The Morgan fingerprint density at radius 1 is 0.926 bits per heavy atom. The summed E-state index contributed by atoms with van der Waals surface area (Å²) in [5.41, 5.74) is 12.1. The molecule has 11 heteroatoms. The third kappa shape index (κ3) is 5.85. The Morgan fingerprint density at radius 3 is 2.39 bits per heavy atom. The van der Waals surface area contributed by atoms with E-state index in [1.165, 1.54) is 0 Å². The molecule has 0 spiro atoms. The van der Waals surface area contributed by atoms with Crippen LogP contribution in [-0.4, -0.2) is 47.9 Å². The van der Waals surface area contributed by atoms with Gasteiger partial charge in [-0.2, -0.15) is 5.10 Å². The van der Waals surface area contributed by atoms with Crippen LogP contribution in [0.3, 0.4) is 0 Å². The summed E-state index contributed by atoms with van der Waals surface area (Å²) in [4.78, 5) is 26.4. The highest BCUT2D eigenvalue weighted by atomic mass is 35.5. The number of rotatable bonds is 8. The van der Waals surface area contributed by atoms with Gasteiger partial charge in [-0.1, -0.05) is 29.3 Å². The van der Waals surface area contributed by atoms with Gasteiger partial charge < -0.3 is 18.8 Å². The van der Waals surface area contributed by atoms with Crippen LogP contribution in [0.1, 0.15) is 63.6 Å². The van der Waals surface area contributed by atoms with Crippen molar-refractivity contribution in [1.82, 2.24) is 28.9 Å². The van der Waals surface area contributed by atoms with Crippen LogP contribution in [0, 0.1) is 34.6 Å². The van der Waals surface area contributed by atoms with Gasteiger partial charge in [-0.3, -0.25) is 9.48 Å². The normalized spacial score (nSPS) is 14.4. The first-order chi connectivity index (χ1) is 25.8. The first-order valence-corrected chi connectivity index (χ1v) is 19.1. The molecule has 0 radical (unpaired) electrons.